The summed E-state index contributed by atoms with van der Waals surface area (Å²) < 4.78 is 38.1. The third kappa shape index (κ3) is 3.99. The summed E-state index contributed by atoms with van der Waals surface area (Å²) in [5, 5.41) is 5.23. The van der Waals surface area contributed by atoms with Gasteiger partial charge in [-0.15, -0.1) is 11.3 Å². The van der Waals surface area contributed by atoms with Gasteiger partial charge in [-0.2, -0.15) is 13.2 Å². The Bertz CT molecular complexity index is 566. The van der Waals surface area contributed by atoms with Crippen molar-refractivity contribution in [1.29, 1.82) is 0 Å². The molecule has 1 unspecified atom stereocenters. The predicted octanol–water partition coefficient (Wildman–Crippen LogP) is 5.57. The lowest BCUT2D eigenvalue weighted by Gasteiger charge is -2.17. The van der Waals surface area contributed by atoms with Crippen LogP contribution in [-0.4, -0.2) is 6.04 Å². The maximum absolute atomic E-state index is 12.6. The summed E-state index contributed by atoms with van der Waals surface area (Å²) in [7, 11) is 0. The highest BCUT2D eigenvalue weighted by Gasteiger charge is 2.30. The first-order chi connectivity index (χ1) is 9.36. The molecule has 1 heterocycles. The Morgan fingerprint density at radius 1 is 1.30 bits per heavy atom. The molecule has 0 aliphatic carbocycles. The molecule has 0 amide bonds. The van der Waals surface area contributed by atoms with E-state index in [4.69, 9.17) is 0 Å². The fourth-order valence-electron chi connectivity index (χ4n) is 1.86. The average Bonchev–Trinajstić information content (AvgIpc) is 2.83. The molecule has 2 rings (SSSR count). The van der Waals surface area contributed by atoms with E-state index in [1.165, 1.54) is 10.9 Å². The molecule has 1 aromatic heterocycles. The Kier molecular flexibility index (Phi) is 4.75. The summed E-state index contributed by atoms with van der Waals surface area (Å²) in [6.07, 6.45) is -3.48. The van der Waals surface area contributed by atoms with E-state index in [2.05, 4.69) is 21.2 Å². The SMILES string of the molecule is CC(Cc1cccs1)Nc1ccc(C(F)(F)F)cc1Br. The van der Waals surface area contributed by atoms with Crippen molar-refractivity contribution in [1.82, 2.24) is 0 Å². The van der Waals surface area contributed by atoms with E-state index in [0.29, 0.717) is 10.2 Å². The van der Waals surface area contributed by atoms with Crippen LogP contribution in [-0.2, 0) is 12.6 Å². The van der Waals surface area contributed by atoms with Crippen LogP contribution >= 0.6 is 27.3 Å². The summed E-state index contributed by atoms with van der Waals surface area (Å²) in [6, 6.07) is 7.82. The third-order valence-corrected chi connectivity index (χ3v) is 4.34. The molecule has 0 saturated heterocycles. The van der Waals surface area contributed by atoms with Gasteiger partial charge >= 0.3 is 6.18 Å². The van der Waals surface area contributed by atoms with Gasteiger partial charge in [-0.3, -0.25) is 0 Å². The molecule has 0 bridgehead atoms. The highest BCUT2D eigenvalue weighted by atomic mass is 79.9. The Balaban J connectivity index is 2.06. The second-order valence-corrected chi connectivity index (χ2v) is 6.41. The van der Waals surface area contributed by atoms with Gasteiger partial charge in [0.2, 0.25) is 0 Å². The minimum atomic E-state index is -4.32. The van der Waals surface area contributed by atoms with E-state index in [9.17, 15) is 13.2 Å². The summed E-state index contributed by atoms with van der Waals surface area (Å²) >= 11 is 4.86. The Morgan fingerprint density at radius 3 is 2.60 bits per heavy atom. The molecular formula is C14H13BrF3NS. The first-order valence-electron chi connectivity index (χ1n) is 6.02. The number of hydrogen-bond acceptors (Lipinski definition) is 2. The van der Waals surface area contributed by atoms with Gasteiger partial charge in [0.15, 0.2) is 0 Å². The predicted molar refractivity (Wildman–Crippen MR) is 80.3 cm³/mol. The first-order valence-corrected chi connectivity index (χ1v) is 7.69. The van der Waals surface area contributed by atoms with Crippen LogP contribution in [0.5, 0.6) is 0 Å². The van der Waals surface area contributed by atoms with E-state index in [0.717, 1.165) is 18.6 Å². The van der Waals surface area contributed by atoms with E-state index < -0.39 is 11.7 Å². The summed E-state index contributed by atoms with van der Waals surface area (Å²) in [4.78, 5) is 1.24. The number of rotatable bonds is 4. The quantitative estimate of drug-likeness (QED) is 0.748. The molecule has 0 aliphatic rings. The lowest BCUT2D eigenvalue weighted by Crippen LogP contribution is -2.18. The molecule has 2 aromatic rings. The van der Waals surface area contributed by atoms with Crippen LogP contribution in [0.2, 0.25) is 0 Å². The van der Waals surface area contributed by atoms with Gasteiger partial charge in [-0.05, 0) is 52.5 Å². The first kappa shape index (κ1) is 15.4. The van der Waals surface area contributed by atoms with Gasteiger partial charge in [0.25, 0.3) is 0 Å². The van der Waals surface area contributed by atoms with Crippen LogP contribution in [0.15, 0.2) is 40.2 Å². The van der Waals surface area contributed by atoms with Crippen molar-refractivity contribution in [3.8, 4) is 0 Å². The zero-order chi connectivity index (χ0) is 14.8. The maximum Gasteiger partial charge on any atom is 0.416 e. The topological polar surface area (TPSA) is 12.0 Å². The lowest BCUT2D eigenvalue weighted by molar-refractivity contribution is -0.137. The van der Waals surface area contributed by atoms with Crippen LogP contribution < -0.4 is 5.32 Å². The molecule has 0 radical (unpaired) electrons. The molecule has 1 nitrogen and oxygen atoms in total. The molecule has 1 atom stereocenters. The van der Waals surface area contributed by atoms with Crippen LogP contribution in [0.3, 0.4) is 0 Å². The van der Waals surface area contributed by atoms with Crippen molar-refractivity contribution >= 4 is 33.0 Å². The average molecular weight is 364 g/mol. The van der Waals surface area contributed by atoms with Crippen LogP contribution in [0, 0.1) is 0 Å². The normalized spacial score (nSPS) is 13.2. The van der Waals surface area contributed by atoms with Crippen molar-refractivity contribution < 1.29 is 13.2 Å². The zero-order valence-electron chi connectivity index (χ0n) is 10.7. The number of anilines is 1. The number of thiophene rings is 1. The molecule has 0 aliphatic heterocycles. The minimum absolute atomic E-state index is 0.140. The summed E-state index contributed by atoms with van der Waals surface area (Å²) in [6.45, 7) is 2.00. The van der Waals surface area contributed by atoms with Crippen LogP contribution in [0.4, 0.5) is 18.9 Å². The Labute approximate surface area is 128 Å². The van der Waals surface area contributed by atoms with E-state index in [-0.39, 0.29) is 6.04 Å². The van der Waals surface area contributed by atoms with Gasteiger partial charge in [-0.1, -0.05) is 6.07 Å². The largest absolute Gasteiger partial charge is 0.416 e. The van der Waals surface area contributed by atoms with Crippen molar-refractivity contribution in [3.63, 3.8) is 0 Å². The minimum Gasteiger partial charge on any atom is -0.381 e. The molecule has 0 spiro atoms. The summed E-state index contributed by atoms with van der Waals surface area (Å²) in [5.74, 6) is 0. The number of nitrogens with one attached hydrogen (secondary N) is 1. The van der Waals surface area contributed by atoms with E-state index in [1.54, 1.807) is 11.3 Å². The van der Waals surface area contributed by atoms with Crippen molar-refractivity contribution in [2.24, 2.45) is 0 Å². The molecule has 20 heavy (non-hydrogen) atoms. The zero-order valence-corrected chi connectivity index (χ0v) is 13.1. The van der Waals surface area contributed by atoms with Crippen molar-refractivity contribution in [2.45, 2.75) is 25.6 Å². The van der Waals surface area contributed by atoms with Gasteiger partial charge in [0.1, 0.15) is 0 Å². The van der Waals surface area contributed by atoms with Gasteiger partial charge in [0, 0.05) is 27.5 Å². The smallest absolute Gasteiger partial charge is 0.381 e. The van der Waals surface area contributed by atoms with E-state index >= 15 is 0 Å². The number of alkyl halides is 3. The molecule has 0 saturated carbocycles. The number of halogens is 4. The number of benzene rings is 1. The Morgan fingerprint density at radius 2 is 2.05 bits per heavy atom. The number of hydrogen-bond donors (Lipinski definition) is 1. The standard InChI is InChI=1S/C14H13BrF3NS/c1-9(7-11-3-2-6-20-11)19-13-5-4-10(8-12(13)15)14(16,17)18/h2-6,8-9,19H,7H2,1H3. The van der Waals surface area contributed by atoms with Gasteiger partial charge in [0.05, 0.1) is 5.56 Å². The molecule has 0 fully saturated rings. The third-order valence-electron chi connectivity index (χ3n) is 2.79. The second kappa shape index (κ2) is 6.18. The Hall–Kier alpha value is -1.01. The highest BCUT2D eigenvalue weighted by Crippen LogP contribution is 2.34. The molecular weight excluding hydrogens is 351 g/mol. The second-order valence-electron chi connectivity index (χ2n) is 4.52. The van der Waals surface area contributed by atoms with Crippen LogP contribution in [0.1, 0.15) is 17.4 Å². The van der Waals surface area contributed by atoms with Crippen molar-refractivity contribution in [2.75, 3.05) is 5.32 Å². The lowest BCUT2D eigenvalue weighted by atomic mass is 10.1. The molecule has 1 aromatic carbocycles. The van der Waals surface area contributed by atoms with Gasteiger partial charge < -0.3 is 5.32 Å². The van der Waals surface area contributed by atoms with Crippen molar-refractivity contribution in [3.05, 3.63) is 50.6 Å². The van der Waals surface area contributed by atoms with E-state index in [1.807, 2.05) is 24.4 Å². The monoisotopic (exact) mass is 363 g/mol. The summed E-state index contributed by atoms with van der Waals surface area (Å²) in [5.41, 5.74) is 0.0166. The molecule has 1 N–H and O–H groups in total. The fourth-order valence-corrected chi connectivity index (χ4v) is 3.18. The maximum atomic E-state index is 12.6. The highest BCUT2D eigenvalue weighted by molar-refractivity contribution is 9.10. The molecule has 108 valence electrons. The van der Waals surface area contributed by atoms with Crippen LogP contribution in [0.25, 0.3) is 0 Å². The fraction of sp³-hybridized carbons (Fsp3) is 0.286. The molecule has 6 heteroatoms. The van der Waals surface area contributed by atoms with Gasteiger partial charge in [-0.25, -0.2) is 0 Å².